The third-order valence-corrected chi connectivity index (χ3v) is 52.0. The summed E-state index contributed by atoms with van der Waals surface area (Å²) in [5, 5.41) is 0. The van der Waals surface area contributed by atoms with E-state index in [-0.39, 0.29) is 0 Å². The van der Waals surface area contributed by atoms with Crippen molar-refractivity contribution in [3.63, 3.8) is 0 Å². The molecule has 0 aliphatic rings. The Kier molecular flexibility index (Phi) is 1.24. The molecule has 0 aliphatic heterocycles. The molecule has 0 aromatic rings. The summed E-state index contributed by atoms with van der Waals surface area (Å²) in [5.74, 6) is 0. The van der Waals surface area contributed by atoms with Crippen molar-refractivity contribution < 1.29 is 63.0 Å². The van der Waals surface area contributed by atoms with Gasteiger partial charge >= 0.3 is 121 Å². The van der Waals surface area contributed by atoms with Crippen LogP contribution in [0.1, 0.15) is 0 Å². The number of hydrogen-bond acceptors (Lipinski definition) is 12. The molecule has 0 heterocycles. The monoisotopic (exact) mass is 540 g/mol. The zero-order valence-electron chi connectivity index (χ0n) is 12.2. The van der Waals surface area contributed by atoms with Crippen molar-refractivity contribution in [1.29, 1.82) is 0 Å². The summed E-state index contributed by atoms with van der Waals surface area (Å²) in [6.45, 7) is 0. The van der Waals surface area contributed by atoms with E-state index in [9.17, 15) is 57.5 Å². The first kappa shape index (κ1) is 21.7. The molecule has 0 fully saturated rings. The Morgan fingerprint density at radius 2 is 0.320 bits per heavy atom. The predicted molar refractivity (Wildman–Crippen MR) is 81.0 cm³/mol. The van der Waals surface area contributed by atoms with E-state index in [1.54, 1.807) is 0 Å². The van der Waals surface area contributed by atoms with Gasteiger partial charge in [0, 0.05) is 0 Å². The van der Waals surface area contributed by atoms with E-state index >= 15 is 0 Å². The number of carbonyl (C=O) groups is 12. The van der Waals surface area contributed by atoms with Crippen LogP contribution >= 0.6 is 0 Å². The fourth-order valence-corrected chi connectivity index (χ4v) is 10.6. The maximum absolute atomic E-state index is 14.5. The molecule has 140 valence electrons. The van der Waals surface area contributed by atoms with E-state index in [2.05, 4.69) is 0 Å². The van der Waals surface area contributed by atoms with Crippen LogP contribution in [0.15, 0.2) is 0 Å². The van der Waals surface area contributed by atoms with Crippen LogP contribution in [-0.4, -0.2) is 58.1 Å². The van der Waals surface area contributed by atoms with Crippen LogP contribution < -0.4 is 0 Å². The standard InChI is InChI=1S/12CHO.Os/c12*1-2;/h12*1H;. The van der Waals surface area contributed by atoms with Crippen LogP contribution in [0.4, 0.5) is 0 Å². The Labute approximate surface area is 121 Å². The first-order valence-electron chi connectivity index (χ1n) is 5.28. The van der Waals surface area contributed by atoms with Gasteiger partial charge in [0.1, 0.15) is 0 Å². The molecule has 0 atom stereocenters. The third-order valence-electron chi connectivity index (χ3n) is 6.35. The second-order valence-electron chi connectivity index (χ2n) is 8.78. The van der Waals surface area contributed by atoms with E-state index < -0.39 is 63.6 Å². The molecule has 0 spiro atoms. The van der Waals surface area contributed by atoms with Crippen molar-refractivity contribution in [2.75, 3.05) is 0 Å². The zero-order valence-corrected chi connectivity index (χ0v) is 14.7. The van der Waals surface area contributed by atoms with Crippen LogP contribution in [0.3, 0.4) is 0 Å². The summed E-state index contributed by atoms with van der Waals surface area (Å²) in [5.41, 5.74) is -14.5. The van der Waals surface area contributed by atoms with Crippen molar-refractivity contribution in [2.24, 2.45) is 0 Å². The fraction of sp³-hybridized carbons (Fsp3) is 0. The van der Waals surface area contributed by atoms with Crippen molar-refractivity contribution in [3.8, 4) is 0 Å². The quantitative estimate of drug-likeness (QED) is 0.224. The summed E-state index contributed by atoms with van der Waals surface area (Å²) < 4.78 is 0. The first-order valence-corrected chi connectivity index (χ1v) is 22.9. The van der Waals surface area contributed by atoms with Crippen LogP contribution in [0, 0.1) is 0 Å². The van der Waals surface area contributed by atoms with E-state index in [4.69, 9.17) is 0 Å². The van der Waals surface area contributed by atoms with Crippen molar-refractivity contribution in [2.45, 2.75) is 0 Å². The van der Waals surface area contributed by atoms with Crippen molar-refractivity contribution in [1.82, 2.24) is 0 Å². The zero-order chi connectivity index (χ0) is 20.8. The van der Waals surface area contributed by atoms with Crippen LogP contribution in [0.25, 0.3) is 0 Å². The molecule has 0 radical (unpaired) electrons. The van der Waals surface area contributed by atoms with Gasteiger partial charge in [0.05, 0.1) is 0 Å². The predicted octanol–water partition coefficient (Wildman–Crippen LogP) is -3.29. The van der Waals surface area contributed by atoms with Gasteiger partial charge in [0.15, 0.2) is 0 Å². The van der Waals surface area contributed by atoms with Crippen LogP contribution in [0.5, 0.6) is 0 Å². The molecule has 12 nitrogen and oxygen atoms in total. The van der Waals surface area contributed by atoms with E-state index in [0.29, 0.717) is 0 Å². The Morgan fingerprint density at radius 1 is 0.240 bits per heavy atom. The molecule has 0 bridgehead atoms. The van der Waals surface area contributed by atoms with E-state index in [0.717, 1.165) is 0 Å². The first-order chi connectivity index (χ1) is 10.9. The van der Waals surface area contributed by atoms with E-state index in [1.807, 2.05) is 0 Å². The molecule has 25 heavy (non-hydrogen) atoms. The van der Waals surface area contributed by atoms with Gasteiger partial charge in [-0.3, -0.25) is 0 Å². The number of rotatable bonds is 12. The van der Waals surface area contributed by atoms with E-state index in [1.165, 1.54) is 0 Å². The minimum atomic E-state index is -14.5. The Hall–Kier alpha value is -3.32. The normalized spacial score (nSPS) is 27.8. The molecule has 0 aromatic heterocycles. The van der Waals surface area contributed by atoms with Crippen molar-refractivity contribution in [3.05, 3.63) is 0 Å². The minimum absolute atomic E-state index is 2.23. The molecule has 0 saturated carbocycles. The maximum atomic E-state index is 12.4. The Balaban J connectivity index is 12.5. The molecule has 13 heteroatoms. The molecule has 0 rings (SSSR count). The fourth-order valence-electron chi connectivity index (χ4n) is 1.30. The van der Waals surface area contributed by atoms with Crippen molar-refractivity contribution >= 4 is 58.1 Å². The van der Waals surface area contributed by atoms with Crippen LogP contribution in [0.2, 0.25) is 0 Å². The van der Waals surface area contributed by atoms with Gasteiger partial charge in [-0.15, -0.1) is 0 Å². The van der Waals surface area contributed by atoms with Gasteiger partial charge in [0.25, 0.3) is 0 Å². The molecule has 0 aliphatic carbocycles. The Morgan fingerprint density at radius 3 is 0.320 bits per heavy atom. The van der Waals surface area contributed by atoms with Gasteiger partial charge in [-0.2, -0.15) is 0 Å². The number of carbonyl (C=O) groups excluding carboxylic acids is 12. The number of hydrogen-bond donors (Lipinski definition) is 0. The second kappa shape index (κ2) is 1.44. The van der Waals surface area contributed by atoms with Gasteiger partial charge in [-0.25, -0.2) is 0 Å². The topological polar surface area (TPSA) is 205 Å². The molecular formula is C12H12O12Os. The Bertz CT molecular complexity index is 839. The third kappa shape index (κ3) is 0.436. The molecular weight excluding hydrogens is 526 g/mol. The van der Waals surface area contributed by atoms with Crippen LogP contribution in [-0.2, 0) is 63.0 Å². The average Bonchev–Trinajstić information content (AvgIpc) is 2.79. The van der Waals surface area contributed by atoms with Gasteiger partial charge < -0.3 is 0 Å². The molecule has 0 unspecified atom stereocenters. The van der Waals surface area contributed by atoms with Gasteiger partial charge in [-0.1, -0.05) is 0 Å². The molecule has 0 amide bonds. The molecule has 0 aromatic carbocycles. The summed E-state index contributed by atoms with van der Waals surface area (Å²) in [6.07, 6.45) is 0. The van der Waals surface area contributed by atoms with Gasteiger partial charge in [0.2, 0.25) is 0 Å². The second-order valence-corrected chi connectivity index (χ2v) is 71.9. The summed E-state index contributed by atoms with van der Waals surface area (Å²) in [4.78, 5) is 123. The summed E-state index contributed by atoms with van der Waals surface area (Å²) >= 11 is 0. The molecule has 0 saturated heterocycles. The summed E-state index contributed by atoms with van der Waals surface area (Å²) in [7, 11) is 0. The summed E-state index contributed by atoms with van der Waals surface area (Å²) in [6, 6.07) is 0. The SMILES string of the molecule is O=[CH][Os]([CH]=O)([CH]=O)([CH]=O)([CH]=O)([CH]=O)([CH]=O)([CH]=O)([CH]=O)([CH]=O)([CH]=O)[CH]=O. The van der Waals surface area contributed by atoms with Gasteiger partial charge in [-0.05, 0) is 0 Å². The molecule has 0 N–H and O–H groups in total. The average molecular weight is 538 g/mol.